The molecule has 2 aliphatic rings. The van der Waals surface area contributed by atoms with Crippen molar-refractivity contribution in [2.45, 2.75) is 18.9 Å². The van der Waals surface area contributed by atoms with Crippen LogP contribution in [-0.2, 0) is 0 Å². The Morgan fingerprint density at radius 3 is 2.25 bits per heavy atom. The molecule has 0 bridgehead atoms. The molecule has 0 spiro atoms. The Morgan fingerprint density at radius 2 is 1.83 bits per heavy atom. The molecule has 1 heterocycles. The van der Waals surface area contributed by atoms with Gasteiger partial charge in [0.2, 0.25) is 0 Å². The molecule has 0 aromatic rings. The SMILES string of the molecule is NC1C[C@@H]2CN(C(=O)O)C[C@@H]2C1. The van der Waals surface area contributed by atoms with Crippen molar-refractivity contribution in [2.75, 3.05) is 13.1 Å². The highest BCUT2D eigenvalue weighted by molar-refractivity contribution is 5.65. The lowest BCUT2D eigenvalue weighted by Crippen LogP contribution is -2.29. The number of amides is 1. The van der Waals surface area contributed by atoms with Gasteiger partial charge in [-0.05, 0) is 24.7 Å². The van der Waals surface area contributed by atoms with Crippen LogP contribution in [-0.4, -0.2) is 35.2 Å². The first-order valence-corrected chi connectivity index (χ1v) is 4.40. The average Bonchev–Trinajstić information content (AvgIpc) is 2.42. The molecule has 1 unspecified atom stereocenters. The lowest BCUT2D eigenvalue weighted by molar-refractivity contribution is 0.152. The van der Waals surface area contributed by atoms with Crippen LogP contribution in [0, 0.1) is 11.8 Å². The molecule has 4 heteroatoms. The highest BCUT2D eigenvalue weighted by atomic mass is 16.4. The van der Waals surface area contributed by atoms with Crippen LogP contribution in [0.3, 0.4) is 0 Å². The Hall–Kier alpha value is -0.770. The highest BCUT2D eigenvalue weighted by Crippen LogP contribution is 2.36. The topological polar surface area (TPSA) is 66.6 Å². The van der Waals surface area contributed by atoms with Crippen LogP contribution < -0.4 is 5.73 Å². The maximum Gasteiger partial charge on any atom is 0.407 e. The monoisotopic (exact) mass is 170 g/mol. The molecule has 4 nitrogen and oxygen atoms in total. The summed E-state index contributed by atoms with van der Waals surface area (Å²) in [6.07, 6.45) is 1.24. The van der Waals surface area contributed by atoms with E-state index in [4.69, 9.17) is 10.8 Å². The molecule has 0 radical (unpaired) electrons. The second-order valence-corrected chi connectivity index (χ2v) is 3.94. The van der Waals surface area contributed by atoms with Crippen LogP contribution in [0.25, 0.3) is 0 Å². The third-order valence-corrected chi connectivity index (χ3v) is 3.06. The van der Waals surface area contributed by atoms with Crippen molar-refractivity contribution in [1.29, 1.82) is 0 Å². The molecular formula is C8H14N2O2. The minimum absolute atomic E-state index is 0.316. The molecule has 1 aliphatic carbocycles. The second-order valence-electron chi connectivity index (χ2n) is 3.94. The van der Waals surface area contributed by atoms with Gasteiger partial charge < -0.3 is 15.7 Å². The number of nitrogens with zero attached hydrogens (tertiary/aromatic N) is 1. The van der Waals surface area contributed by atoms with E-state index in [0.717, 1.165) is 12.8 Å². The van der Waals surface area contributed by atoms with Gasteiger partial charge in [-0.2, -0.15) is 0 Å². The van der Waals surface area contributed by atoms with Gasteiger partial charge in [0.1, 0.15) is 0 Å². The van der Waals surface area contributed by atoms with Crippen molar-refractivity contribution >= 4 is 6.09 Å². The lowest BCUT2D eigenvalue weighted by atomic mass is 10.0. The molecule has 12 heavy (non-hydrogen) atoms. The lowest BCUT2D eigenvalue weighted by Gasteiger charge is -2.13. The van der Waals surface area contributed by atoms with E-state index < -0.39 is 6.09 Å². The van der Waals surface area contributed by atoms with E-state index >= 15 is 0 Å². The van der Waals surface area contributed by atoms with Gasteiger partial charge in [-0.3, -0.25) is 0 Å². The Labute approximate surface area is 71.3 Å². The zero-order valence-electron chi connectivity index (χ0n) is 6.94. The van der Waals surface area contributed by atoms with Crippen molar-refractivity contribution < 1.29 is 9.90 Å². The van der Waals surface area contributed by atoms with E-state index in [2.05, 4.69) is 0 Å². The standard InChI is InChI=1S/C8H14N2O2/c9-7-1-5-3-10(8(11)12)4-6(5)2-7/h5-7H,1-4,9H2,(H,11,12)/t5-,6+,7?. The van der Waals surface area contributed by atoms with Gasteiger partial charge in [0.25, 0.3) is 0 Å². The summed E-state index contributed by atoms with van der Waals surface area (Å²) >= 11 is 0. The fraction of sp³-hybridized carbons (Fsp3) is 0.875. The summed E-state index contributed by atoms with van der Waals surface area (Å²) in [7, 11) is 0. The Kier molecular flexibility index (Phi) is 1.72. The predicted octanol–water partition coefficient (Wildman–Crippen LogP) is 0.333. The van der Waals surface area contributed by atoms with Crippen LogP contribution in [0.15, 0.2) is 0 Å². The number of hydrogen-bond donors (Lipinski definition) is 2. The summed E-state index contributed by atoms with van der Waals surface area (Å²) in [6.45, 7) is 1.40. The molecule has 68 valence electrons. The quantitative estimate of drug-likeness (QED) is 0.550. The highest BCUT2D eigenvalue weighted by Gasteiger charge is 2.41. The molecule has 1 saturated carbocycles. The molecule has 2 fully saturated rings. The van der Waals surface area contributed by atoms with Crippen molar-refractivity contribution in [3.05, 3.63) is 0 Å². The molecule has 1 amide bonds. The minimum atomic E-state index is -0.780. The van der Waals surface area contributed by atoms with E-state index in [1.165, 1.54) is 4.90 Å². The van der Waals surface area contributed by atoms with Gasteiger partial charge in [0, 0.05) is 19.1 Å². The number of rotatable bonds is 0. The summed E-state index contributed by atoms with van der Waals surface area (Å²) < 4.78 is 0. The maximum atomic E-state index is 10.6. The predicted molar refractivity (Wildman–Crippen MR) is 43.8 cm³/mol. The third-order valence-electron chi connectivity index (χ3n) is 3.06. The number of carboxylic acid groups (broad SMARTS) is 1. The summed E-state index contributed by atoms with van der Waals surface area (Å²) in [6, 6.07) is 0.316. The van der Waals surface area contributed by atoms with Gasteiger partial charge in [-0.1, -0.05) is 0 Å². The molecule has 0 aromatic heterocycles. The molecule has 1 saturated heterocycles. The first-order valence-electron chi connectivity index (χ1n) is 4.40. The summed E-state index contributed by atoms with van der Waals surface area (Å²) in [5.41, 5.74) is 5.78. The molecular weight excluding hydrogens is 156 g/mol. The Bertz CT molecular complexity index is 193. The first-order chi connectivity index (χ1) is 5.66. The number of fused-ring (bicyclic) bond motifs is 1. The van der Waals surface area contributed by atoms with Gasteiger partial charge in [0.15, 0.2) is 0 Å². The van der Waals surface area contributed by atoms with E-state index in [1.807, 2.05) is 0 Å². The first kappa shape index (κ1) is 7.86. The Morgan fingerprint density at radius 1 is 1.33 bits per heavy atom. The smallest absolute Gasteiger partial charge is 0.407 e. The number of likely N-dealkylation sites (tertiary alicyclic amines) is 1. The van der Waals surface area contributed by atoms with Crippen molar-refractivity contribution in [2.24, 2.45) is 17.6 Å². The number of nitrogens with two attached hydrogens (primary N) is 1. The zero-order valence-corrected chi connectivity index (χ0v) is 6.94. The fourth-order valence-electron chi connectivity index (χ4n) is 2.50. The second kappa shape index (κ2) is 2.62. The van der Waals surface area contributed by atoms with Crippen molar-refractivity contribution in [3.63, 3.8) is 0 Å². The molecule has 0 aromatic carbocycles. The molecule has 3 N–H and O–H groups in total. The van der Waals surface area contributed by atoms with E-state index in [1.54, 1.807) is 0 Å². The van der Waals surface area contributed by atoms with Crippen LogP contribution in [0.5, 0.6) is 0 Å². The van der Waals surface area contributed by atoms with Crippen LogP contribution in [0.2, 0.25) is 0 Å². The maximum absolute atomic E-state index is 10.6. The van der Waals surface area contributed by atoms with Gasteiger partial charge in [-0.15, -0.1) is 0 Å². The molecule has 1 aliphatic heterocycles. The van der Waals surface area contributed by atoms with E-state index in [0.29, 0.717) is 31.0 Å². The Balaban J connectivity index is 1.98. The van der Waals surface area contributed by atoms with Gasteiger partial charge in [0.05, 0.1) is 0 Å². The summed E-state index contributed by atoms with van der Waals surface area (Å²) in [4.78, 5) is 12.1. The zero-order chi connectivity index (χ0) is 8.72. The average molecular weight is 170 g/mol. The van der Waals surface area contributed by atoms with Crippen LogP contribution >= 0.6 is 0 Å². The number of carbonyl (C=O) groups is 1. The fourth-order valence-corrected chi connectivity index (χ4v) is 2.50. The number of hydrogen-bond acceptors (Lipinski definition) is 2. The van der Waals surface area contributed by atoms with Gasteiger partial charge in [-0.25, -0.2) is 4.79 Å². The van der Waals surface area contributed by atoms with E-state index in [-0.39, 0.29) is 0 Å². The van der Waals surface area contributed by atoms with Crippen LogP contribution in [0.1, 0.15) is 12.8 Å². The molecule has 3 atom stereocenters. The third kappa shape index (κ3) is 1.16. The molecule has 2 rings (SSSR count). The summed E-state index contributed by atoms with van der Waals surface area (Å²) in [5.74, 6) is 1.08. The van der Waals surface area contributed by atoms with Crippen molar-refractivity contribution in [3.8, 4) is 0 Å². The van der Waals surface area contributed by atoms with Crippen LogP contribution in [0.4, 0.5) is 4.79 Å². The summed E-state index contributed by atoms with van der Waals surface area (Å²) in [5, 5.41) is 8.73. The largest absolute Gasteiger partial charge is 0.465 e. The van der Waals surface area contributed by atoms with Gasteiger partial charge >= 0.3 is 6.09 Å². The van der Waals surface area contributed by atoms with Crippen molar-refractivity contribution in [1.82, 2.24) is 4.90 Å². The minimum Gasteiger partial charge on any atom is -0.465 e. The van der Waals surface area contributed by atoms with E-state index in [9.17, 15) is 4.79 Å². The normalized spacial score (nSPS) is 40.1.